The van der Waals surface area contributed by atoms with Crippen molar-refractivity contribution in [1.29, 1.82) is 0 Å². The Morgan fingerprint density at radius 1 is 0.815 bits per heavy atom. The van der Waals surface area contributed by atoms with Crippen LogP contribution in [0.2, 0.25) is 0 Å². The summed E-state index contributed by atoms with van der Waals surface area (Å²) in [6, 6.07) is 0. The lowest BCUT2D eigenvalue weighted by Gasteiger charge is -2.31. The standard InChI is InChI=1S/C21H24N2O4/c1-22-18(24)14-12-4-5-13(15(14)19(22)25)17-16(12)20(26)23(21(17)27)8-11-7-9-2-3-10(11)6-9/h4-5,9-13,24-27H,2-3,6-8H2,1H3. The van der Waals surface area contributed by atoms with Gasteiger partial charge in [-0.3, -0.25) is 9.13 Å². The van der Waals surface area contributed by atoms with E-state index in [0.29, 0.717) is 40.6 Å². The van der Waals surface area contributed by atoms with Crippen molar-refractivity contribution in [3.05, 3.63) is 34.4 Å². The highest BCUT2D eigenvalue weighted by molar-refractivity contribution is 5.71. The molecule has 5 aliphatic rings. The fourth-order valence-corrected chi connectivity index (χ4v) is 6.46. The Hall–Kier alpha value is -2.50. The summed E-state index contributed by atoms with van der Waals surface area (Å²) >= 11 is 0. The molecule has 7 rings (SSSR count). The number of fused-ring (bicyclic) bond motifs is 2. The maximum absolute atomic E-state index is 11.0. The van der Waals surface area contributed by atoms with Crippen LogP contribution in [0.5, 0.6) is 23.5 Å². The summed E-state index contributed by atoms with van der Waals surface area (Å²) in [5.74, 6) is 1.58. The first-order valence-corrected chi connectivity index (χ1v) is 9.90. The van der Waals surface area contributed by atoms with E-state index in [-0.39, 0.29) is 35.4 Å². The Kier molecular flexibility index (Phi) is 2.80. The van der Waals surface area contributed by atoms with Crippen LogP contribution in [0.1, 0.15) is 59.8 Å². The second-order valence-corrected chi connectivity index (χ2v) is 8.89. The highest BCUT2D eigenvalue weighted by Gasteiger charge is 2.47. The first-order chi connectivity index (χ1) is 13.0. The molecule has 2 saturated carbocycles. The van der Waals surface area contributed by atoms with Gasteiger partial charge in [0.2, 0.25) is 0 Å². The van der Waals surface area contributed by atoms with Gasteiger partial charge in [-0.05, 0) is 37.0 Å². The van der Waals surface area contributed by atoms with E-state index in [4.69, 9.17) is 0 Å². The molecule has 0 radical (unpaired) electrons. The zero-order valence-corrected chi connectivity index (χ0v) is 15.3. The molecule has 142 valence electrons. The molecule has 2 fully saturated rings. The van der Waals surface area contributed by atoms with Gasteiger partial charge in [-0.1, -0.05) is 18.6 Å². The van der Waals surface area contributed by atoms with Crippen LogP contribution in [0, 0.1) is 17.8 Å². The molecule has 4 N–H and O–H groups in total. The summed E-state index contributed by atoms with van der Waals surface area (Å²) in [6.45, 7) is 0.640. The predicted molar refractivity (Wildman–Crippen MR) is 98.3 cm³/mol. The van der Waals surface area contributed by atoms with Gasteiger partial charge in [0.05, 0.1) is 0 Å². The molecule has 0 aromatic carbocycles. The molecule has 5 atom stereocenters. The Balaban J connectivity index is 1.47. The summed E-state index contributed by atoms with van der Waals surface area (Å²) < 4.78 is 3.03. The van der Waals surface area contributed by atoms with Crippen LogP contribution in [-0.2, 0) is 13.6 Å². The van der Waals surface area contributed by atoms with Crippen molar-refractivity contribution in [2.45, 2.75) is 44.1 Å². The second kappa shape index (κ2) is 4.86. The van der Waals surface area contributed by atoms with E-state index < -0.39 is 0 Å². The number of allylic oxidation sites excluding steroid dienone is 2. The lowest BCUT2D eigenvalue weighted by atomic mass is 9.70. The second-order valence-electron chi connectivity index (χ2n) is 8.89. The summed E-state index contributed by atoms with van der Waals surface area (Å²) in [6.07, 6.45) is 8.96. The van der Waals surface area contributed by atoms with Gasteiger partial charge >= 0.3 is 0 Å². The van der Waals surface area contributed by atoms with Crippen LogP contribution in [0.4, 0.5) is 0 Å². The van der Waals surface area contributed by atoms with E-state index in [0.717, 1.165) is 5.92 Å². The molecular formula is C21H24N2O4. The summed E-state index contributed by atoms with van der Waals surface area (Å²) in [4.78, 5) is 0. The van der Waals surface area contributed by atoms with E-state index in [9.17, 15) is 20.4 Å². The number of rotatable bonds is 2. The smallest absolute Gasteiger partial charge is 0.198 e. The molecule has 0 spiro atoms. The Morgan fingerprint density at radius 2 is 1.37 bits per heavy atom. The van der Waals surface area contributed by atoms with E-state index >= 15 is 0 Å². The minimum absolute atomic E-state index is 0.0206. The normalized spacial score (nSPS) is 32.3. The average Bonchev–Trinajstić information content (AvgIpc) is 3.41. The highest BCUT2D eigenvalue weighted by Crippen LogP contribution is 2.61. The van der Waals surface area contributed by atoms with Gasteiger partial charge in [0.25, 0.3) is 0 Å². The minimum atomic E-state index is -0.348. The zero-order chi connectivity index (χ0) is 18.6. The monoisotopic (exact) mass is 368 g/mol. The summed E-state index contributed by atoms with van der Waals surface area (Å²) in [7, 11) is 1.61. The maximum Gasteiger partial charge on any atom is 0.198 e. The largest absolute Gasteiger partial charge is 0.494 e. The third-order valence-electron chi connectivity index (χ3n) is 7.73. The third-order valence-corrected chi connectivity index (χ3v) is 7.73. The summed E-state index contributed by atoms with van der Waals surface area (Å²) in [5, 5.41) is 43.0. The van der Waals surface area contributed by atoms with Crippen molar-refractivity contribution in [1.82, 2.24) is 9.13 Å². The van der Waals surface area contributed by atoms with Gasteiger partial charge in [-0.15, -0.1) is 0 Å². The van der Waals surface area contributed by atoms with Gasteiger partial charge in [0, 0.05) is 47.7 Å². The molecule has 5 aliphatic carbocycles. The zero-order valence-electron chi connectivity index (χ0n) is 15.3. The lowest BCUT2D eigenvalue weighted by Crippen LogP contribution is -2.17. The number of hydrogen-bond donors (Lipinski definition) is 4. The molecule has 0 amide bonds. The molecular weight excluding hydrogens is 344 g/mol. The van der Waals surface area contributed by atoms with Crippen LogP contribution in [0.15, 0.2) is 12.2 Å². The van der Waals surface area contributed by atoms with Gasteiger partial charge in [0.1, 0.15) is 0 Å². The average molecular weight is 368 g/mol. The molecule has 6 heteroatoms. The molecule has 2 aromatic rings. The Morgan fingerprint density at radius 3 is 1.85 bits per heavy atom. The van der Waals surface area contributed by atoms with Crippen LogP contribution in [-0.4, -0.2) is 29.6 Å². The van der Waals surface area contributed by atoms with Crippen molar-refractivity contribution in [2.24, 2.45) is 24.8 Å². The molecule has 6 nitrogen and oxygen atoms in total. The molecule has 2 aromatic heterocycles. The fourth-order valence-electron chi connectivity index (χ4n) is 6.46. The Labute approximate surface area is 157 Å². The summed E-state index contributed by atoms with van der Waals surface area (Å²) in [5.41, 5.74) is 2.64. The fraction of sp³-hybridized carbons (Fsp3) is 0.524. The van der Waals surface area contributed by atoms with Crippen molar-refractivity contribution in [3.63, 3.8) is 0 Å². The lowest BCUT2D eigenvalue weighted by molar-refractivity contribution is 0.264. The number of nitrogens with zero attached hydrogens (tertiary/aromatic N) is 2. The highest BCUT2D eigenvalue weighted by atomic mass is 16.3. The van der Waals surface area contributed by atoms with E-state index in [1.165, 1.54) is 30.3 Å². The van der Waals surface area contributed by atoms with Crippen LogP contribution in [0.25, 0.3) is 0 Å². The molecule has 5 unspecified atom stereocenters. The van der Waals surface area contributed by atoms with E-state index in [1.54, 1.807) is 11.6 Å². The molecule has 2 heterocycles. The minimum Gasteiger partial charge on any atom is -0.494 e. The van der Waals surface area contributed by atoms with Crippen molar-refractivity contribution < 1.29 is 20.4 Å². The van der Waals surface area contributed by atoms with Crippen LogP contribution < -0.4 is 0 Å². The quantitative estimate of drug-likeness (QED) is 0.613. The van der Waals surface area contributed by atoms with E-state index in [1.807, 2.05) is 12.2 Å². The van der Waals surface area contributed by atoms with Crippen molar-refractivity contribution in [2.75, 3.05) is 0 Å². The molecule has 27 heavy (non-hydrogen) atoms. The van der Waals surface area contributed by atoms with Gasteiger partial charge in [-0.2, -0.15) is 0 Å². The predicted octanol–water partition coefficient (Wildman–Crippen LogP) is 3.23. The van der Waals surface area contributed by atoms with Crippen LogP contribution in [0.3, 0.4) is 0 Å². The first kappa shape index (κ1) is 15.5. The first-order valence-electron chi connectivity index (χ1n) is 9.90. The van der Waals surface area contributed by atoms with E-state index in [2.05, 4.69) is 0 Å². The number of hydrogen-bond acceptors (Lipinski definition) is 4. The molecule has 0 aliphatic heterocycles. The Bertz CT molecular complexity index is 954. The maximum atomic E-state index is 11.0. The van der Waals surface area contributed by atoms with Crippen molar-refractivity contribution in [3.8, 4) is 23.5 Å². The van der Waals surface area contributed by atoms with Gasteiger partial charge in [0.15, 0.2) is 23.5 Å². The number of aromatic hydroxyl groups is 4. The number of aromatic nitrogens is 2. The van der Waals surface area contributed by atoms with Crippen LogP contribution >= 0.6 is 0 Å². The van der Waals surface area contributed by atoms with Gasteiger partial charge in [-0.25, -0.2) is 0 Å². The SMILES string of the molecule is Cn1c(O)c2c(c1O)C1C=CC2c2c1c(O)n(CC1CC3CCC1C3)c2O. The molecule has 4 bridgehead atoms. The molecule has 0 saturated heterocycles. The third kappa shape index (κ3) is 1.72. The topological polar surface area (TPSA) is 90.8 Å². The van der Waals surface area contributed by atoms with Gasteiger partial charge < -0.3 is 20.4 Å². The van der Waals surface area contributed by atoms with Crippen molar-refractivity contribution >= 4 is 0 Å².